The van der Waals surface area contributed by atoms with Gasteiger partial charge in [0.15, 0.2) is 0 Å². The molecule has 2 aromatic rings. The molecule has 102 valence electrons. The zero-order chi connectivity index (χ0) is 13.5. The van der Waals surface area contributed by atoms with Gasteiger partial charge in [-0.2, -0.15) is 0 Å². The van der Waals surface area contributed by atoms with Crippen molar-refractivity contribution in [3.05, 3.63) is 42.5 Å². The van der Waals surface area contributed by atoms with E-state index in [-0.39, 0.29) is 0 Å². The highest BCUT2D eigenvalue weighted by Gasteiger charge is 2.00. The molecular formula is C16H21NOS. The van der Waals surface area contributed by atoms with Crippen molar-refractivity contribution in [3.63, 3.8) is 0 Å². The molecule has 0 heterocycles. The van der Waals surface area contributed by atoms with Gasteiger partial charge in [-0.15, -0.1) is 11.8 Å². The molecule has 19 heavy (non-hydrogen) atoms. The van der Waals surface area contributed by atoms with Crippen LogP contribution in [0.15, 0.2) is 47.4 Å². The fraction of sp³-hybridized carbons (Fsp3) is 0.375. The van der Waals surface area contributed by atoms with Crippen LogP contribution in [0.2, 0.25) is 0 Å². The van der Waals surface area contributed by atoms with Crippen LogP contribution < -0.4 is 5.32 Å². The SMILES string of the molecule is COCC(C)NCCSc1ccc2ccccc2c1. The minimum atomic E-state index is 0.419. The molecule has 0 bridgehead atoms. The van der Waals surface area contributed by atoms with Gasteiger partial charge in [-0.3, -0.25) is 0 Å². The number of rotatable bonds is 7. The van der Waals surface area contributed by atoms with Gasteiger partial charge in [-0.25, -0.2) is 0 Å². The molecule has 0 radical (unpaired) electrons. The summed E-state index contributed by atoms with van der Waals surface area (Å²) in [6.07, 6.45) is 0. The lowest BCUT2D eigenvalue weighted by molar-refractivity contribution is 0.173. The van der Waals surface area contributed by atoms with Gasteiger partial charge in [0.25, 0.3) is 0 Å². The molecule has 1 unspecified atom stereocenters. The van der Waals surface area contributed by atoms with Crippen LogP contribution in [-0.2, 0) is 4.74 Å². The fourth-order valence-corrected chi connectivity index (χ4v) is 2.87. The molecule has 0 aromatic heterocycles. The first-order chi connectivity index (χ1) is 9.29. The van der Waals surface area contributed by atoms with E-state index in [0.717, 1.165) is 18.9 Å². The van der Waals surface area contributed by atoms with Crippen LogP contribution in [0.1, 0.15) is 6.92 Å². The Morgan fingerprint density at radius 1 is 1.16 bits per heavy atom. The first-order valence-corrected chi connectivity index (χ1v) is 7.62. The second-order valence-electron chi connectivity index (χ2n) is 4.67. The van der Waals surface area contributed by atoms with Gasteiger partial charge >= 0.3 is 0 Å². The standard InChI is InChI=1S/C16H21NOS/c1-13(12-18-2)17-9-10-19-16-8-7-14-5-3-4-6-15(14)11-16/h3-8,11,13,17H,9-10,12H2,1-2H3. The minimum absolute atomic E-state index is 0.419. The number of nitrogens with one attached hydrogen (secondary N) is 1. The lowest BCUT2D eigenvalue weighted by atomic mass is 10.1. The van der Waals surface area contributed by atoms with Crippen LogP contribution in [0, 0.1) is 0 Å². The highest BCUT2D eigenvalue weighted by atomic mass is 32.2. The van der Waals surface area contributed by atoms with Gasteiger partial charge in [0.05, 0.1) is 6.61 Å². The van der Waals surface area contributed by atoms with Crippen LogP contribution in [-0.4, -0.2) is 32.1 Å². The summed E-state index contributed by atoms with van der Waals surface area (Å²) in [5.74, 6) is 1.08. The van der Waals surface area contributed by atoms with Gasteiger partial charge in [-0.1, -0.05) is 30.3 Å². The Morgan fingerprint density at radius 2 is 1.95 bits per heavy atom. The highest BCUT2D eigenvalue weighted by molar-refractivity contribution is 7.99. The van der Waals surface area contributed by atoms with Gasteiger partial charge < -0.3 is 10.1 Å². The van der Waals surface area contributed by atoms with E-state index >= 15 is 0 Å². The van der Waals surface area contributed by atoms with Crippen molar-refractivity contribution in [3.8, 4) is 0 Å². The summed E-state index contributed by atoms with van der Waals surface area (Å²) in [5, 5.41) is 6.06. The third kappa shape index (κ3) is 4.53. The number of hydrogen-bond donors (Lipinski definition) is 1. The summed E-state index contributed by atoms with van der Waals surface area (Å²) in [6.45, 7) is 3.91. The smallest absolute Gasteiger partial charge is 0.0613 e. The third-order valence-electron chi connectivity index (χ3n) is 3.00. The van der Waals surface area contributed by atoms with Crippen molar-refractivity contribution in [2.75, 3.05) is 26.0 Å². The monoisotopic (exact) mass is 275 g/mol. The van der Waals surface area contributed by atoms with E-state index in [1.807, 2.05) is 11.8 Å². The van der Waals surface area contributed by atoms with Crippen LogP contribution >= 0.6 is 11.8 Å². The van der Waals surface area contributed by atoms with Crippen molar-refractivity contribution >= 4 is 22.5 Å². The molecule has 1 atom stereocenters. The molecule has 3 heteroatoms. The summed E-state index contributed by atoms with van der Waals surface area (Å²) >= 11 is 1.89. The van der Waals surface area contributed by atoms with E-state index in [0.29, 0.717) is 6.04 Å². The van der Waals surface area contributed by atoms with E-state index in [1.165, 1.54) is 15.7 Å². The minimum Gasteiger partial charge on any atom is -0.383 e. The van der Waals surface area contributed by atoms with Crippen molar-refractivity contribution in [1.82, 2.24) is 5.32 Å². The Morgan fingerprint density at radius 3 is 2.74 bits per heavy atom. The summed E-state index contributed by atoms with van der Waals surface area (Å²) in [6, 6.07) is 15.6. The van der Waals surface area contributed by atoms with Crippen LogP contribution in [0.25, 0.3) is 10.8 Å². The predicted octanol–water partition coefficient (Wildman–Crippen LogP) is 3.56. The van der Waals surface area contributed by atoms with Gasteiger partial charge in [0.1, 0.15) is 0 Å². The molecule has 0 fully saturated rings. The number of ether oxygens (including phenoxy) is 1. The van der Waals surface area contributed by atoms with Crippen molar-refractivity contribution in [1.29, 1.82) is 0 Å². The molecule has 2 aromatic carbocycles. The summed E-state index contributed by atoms with van der Waals surface area (Å²) in [4.78, 5) is 1.33. The molecule has 0 aliphatic carbocycles. The van der Waals surface area contributed by atoms with Gasteiger partial charge in [0, 0.05) is 30.3 Å². The van der Waals surface area contributed by atoms with Crippen molar-refractivity contribution in [2.45, 2.75) is 17.9 Å². The van der Waals surface area contributed by atoms with E-state index in [4.69, 9.17) is 4.74 Å². The molecule has 2 nitrogen and oxygen atoms in total. The highest BCUT2D eigenvalue weighted by Crippen LogP contribution is 2.23. The van der Waals surface area contributed by atoms with Crippen LogP contribution in [0.4, 0.5) is 0 Å². The summed E-state index contributed by atoms with van der Waals surface area (Å²) in [5.41, 5.74) is 0. The Kier molecular flexibility index (Phi) is 5.70. The molecule has 0 amide bonds. The van der Waals surface area contributed by atoms with E-state index in [9.17, 15) is 0 Å². The van der Waals surface area contributed by atoms with Crippen LogP contribution in [0.3, 0.4) is 0 Å². The maximum Gasteiger partial charge on any atom is 0.0613 e. The number of methoxy groups -OCH3 is 1. The first kappa shape index (κ1) is 14.4. The Balaban J connectivity index is 1.81. The van der Waals surface area contributed by atoms with Crippen molar-refractivity contribution < 1.29 is 4.74 Å². The van der Waals surface area contributed by atoms with Crippen molar-refractivity contribution in [2.24, 2.45) is 0 Å². The molecule has 2 rings (SSSR count). The Hall–Kier alpha value is -1.03. The summed E-state index contributed by atoms with van der Waals surface area (Å²) < 4.78 is 5.10. The zero-order valence-corrected chi connectivity index (χ0v) is 12.4. The average Bonchev–Trinajstić information content (AvgIpc) is 2.44. The second kappa shape index (κ2) is 7.53. The number of thioether (sulfide) groups is 1. The average molecular weight is 275 g/mol. The predicted molar refractivity (Wildman–Crippen MR) is 84.0 cm³/mol. The van der Waals surface area contributed by atoms with E-state index < -0.39 is 0 Å². The molecule has 0 saturated heterocycles. The Labute approximate surface area is 119 Å². The van der Waals surface area contributed by atoms with Gasteiger partial charge in [-0.05, 0) is 29.8 Å². The molecule has 0 aliphatic rings. The molecule has 1 N–H and O–H groups in total. The number of benzene rings is 2. The summed E-state index contributed by atoms with van der Waals surface area (Å²) in [7, 11) is 1.74. The third-order valence-corrected chi connectivity index (χ3v) is 4.00. The number of hydrogen-bond acceptors (Lipinski definition) is 3. The molecule has 0 spiro atoms. The molecule has 0 saturated carbocycles. The maximum absolute atomic E-state index is 5.10. The largest absolute Gasteiger partial charge is 0.383 e. The molecule has 0 aliphatic heterocycles. The zero-order valence-electron chi connectivity index (χ0n) is 11.6. The van der Waals surface area contributed by atoms with E-state index in [2.05, 4.69) is 54.7 Å². The topological polar surface area (TPSA) is 21.3 Å². The Bertz CT molecular complexity index is 515. The first-order valence-electron chi connectivity index (χ1n) is 6.63. The molecular weight excluding hydrogens is 254 g/mol. The normalized spacial score (nSPS) is 12.7. The van der Waals surface area contributed by atoms with Gasteiger partial charge in [0.2, 0.25) is 0 Å². The van der Waals surface area contributed by atoms with Crippen LogP contribution in [0.5, 0.6) is 0 Å². The lowest BCUT2D eigenvalue weighted by Crippen LogP contribution is -2.31. The number of fused-ring (bicyclic) bond motifs is 1. The van der Waals surface area contributed by atoms with E-state index in [1.54, 1.807) is 7.11 Å². The fourth-order valence-electron chi connectivity index (χ4n) is 2.04. The quantitative estimate of drug-likeness (QED) is 0.617. The lowest BCUT2D eigenvalue weighted by Gasteiger charge is -2.12. The second-order valence-corrected chi connectivity index (χ2v) is 5.84. The maximum atomic E-state index is 5.10.